The third-order valence-electron chi connectivity index (χ3n) is 3.65. The van der Waals surface area contributed by atoms with E-state index in [2.05, 4.69) is 15.8 Å². The molecule has 0 aliphatic rings. The molecule has 2 aromatic rings. The molecule has 0 spiro atoms. The molecule has 0 saturated heterocycles. The van der Waals surface area contributed by atoms with Gasteiger partial charge in [-0.1, -0.05) is 23.7 Å². The lowest BCUT2D eigenvalue weighted by molar-refractivity contribution is -0.139. The number of hydrogen-bond donors (Lipinski definition) is 2. The molecule has 0 aliphatic heterocycles. The van der Waals surface area contributed by atoms with E-state index in [9.17, 15) is 9.59 Å². The Bertz CT molecular complexity index is 869. The molecule has 0 heterocycles. The first-order valence-corrected chi connectivity index (χ1v) is 8.52. The number of amides is 2. The SMILES string of the molecule is COc1ccc(CNC(=O)C(=O)N/N=C\c2cc(Cl)c(OC)c(OC)c2)cc1. The van der Waals surface area contributed by atoms with Crippen molar-refractivity contribution in [3.63, 3.8) is 0 Å². The zero-order valence-corrected chi connectivity index (χ0v) is 16.4. The average Bonchev–Trinajstić information content (AvgIpc) is 2.71. The third kappa shape index (κ3) is 5.62. The standard InChI is InChI=1S/C19H20ClN3O5/c1-26-14-6-4-12(5-7-14)10-21-18(24)19(25)23-22-11-13-8-15(20)17(28-3)16(9-13)27-2/h4-9,11H,10H2,1-3H3,(H,21,24)(H,23,25)/b22-11-. The maximum absolute atomic E-state index is 11.8. The fourth-order valence-corrected chi connectivity index (χ4v) is 2.53. The van der Waals surface area contributed by atoms with Gasteiger partial charge in [-0.25, -0.2) is 5.43 Å². The predicted molar refractivity (Wildman–Crippen MR) is 105 cm³/mol. The molecule has 2 rings (SSSR count). The molecule has 2 aromatic carbocycles. The molecule has 0 aromatic heterocycles. The van der Waals surface area contributed by atoms with Gasteiger partial charge in [-0.3, -0.25) is 9.59 Å². The summed E-state index contributed by atoms with van der Waals surface area (Å²) < 4.78 is 15.4. The Morgan fingerprint density at radius 1 is 1.04 bits per heavy atom. The highest BCUT2D eigenvalue weighted by Crippen LogP contribution is 2.35. The zero-order valence-electron chi connectivity index (χ0n) is 15.6. The predicted octanol–water partition coefficient (Wildman–Crippen LogP) is 2.13. The largest absolute Gasteiger partial charge is 0.497 e. The van der Waals surface area contributed by atoms with Gasteiger partial charge in [0, 0.05) is 6.54 Å². The lowest BCUT2D eigenvalue weighted by atomic mass is 10.2. The van der Waals surface area contributed by atoms with Gasteiger partial charge in [0.1, 0.15) is 5.75 Å². The highest BCUT2D eigenvalue weighted by molar-refractivity contribution is 6.35. The number of benzene rings is 2. The van der Waals surface area contributed by atoms with Crippen LogP contribution in [0.3, 0.4) is 0 Å². The minimum atomic E-state index is -0.892. The summed E-state index contributed by atoms with van der Waals surface area (Å²) in [7, 11) is 4.52. The van der Waals surface area contributed by atoms with Crippen LogP contribution in [0.1, 0.15) is 11.1 Å². The summed E-state index contributed by atoms with van der Waals surface area (Å²) in [5, 5.41) is 6.59. The van der Waals surface area contributed by atoms with E-state index < -0.39 is 11.8 Å². The Morgan fingerprint density at radius 3 is 2.36 bits per heavy atom. The second-order valence-corrected chi connectivity index (χ2v) is 5.88. The van der Waals surface area contributed by atoms with E-state index in [1.165, 1.54) is 20.4 Å². The van der Waals surface area contributed by atoms with Gasteiger partial charge in [0.05, 0.1) is 32.6 Å². The first kappa shape index (κ1) is 21.0. The number of halogens is 1. The molecule has 2 amide bonds. The third-order valence-corrected chi connectivity index (χ3v) is 3.93. The molecule has 148 valence electrons. The Hall–Kier alpha value is -3.26. The maximum Gasteiger partial charge on any atom is 0.329 e. The smallest absolute Gasteiger partial charge is 0.329 e. The monoisotopic (exact) mass is 405 g/mol. The molecule has 9 heteroatoms. The Labute approximate surface area is 167 Å². The van der Waals surface area contributed by atoms with Crippen molar-refractivity contribution < 1.29 is 23.8 Å². The quantitative estimate of drug-likeness (QED) is 0.418. The molecule has 0 atom stereocenters. The summed E-state index contributed by atoms with van der Waals surface area (Å²) in [6, 6.07) is 10.3. The first-order valence-electron chi connectivity index (χ1n) is 8.14. The van der Waals surface area contributed by atoms with Crippen LogP contribution in [0.2, 0.25) is 5.02 Å². The van der Waals surface area contributed by atoms with E-state index >= 15 is 0 Å². The second kappa shape index (κ2) is 10.2. The summed E-state index contributed by atoms with van der Waals surface area (Å²) in [5.41, 5.74) is 3.54. The Balaban J connectivity index is 1.90. The summed E-state index contributed by atoms with van der Waals surface area (Å²) in [6.45, 7) is 0.200. The van der Waals surface area contributed by atoms with Gasteiger partial charge in [0.15, 0.2) is 11.5 Å². The summed E-state index contributed by atoms with van der Waals surface area (Å²) in [6.07, 6.45) is 1.34. The molecular formula is C19H20ClN3O5. The number of nitrogens with one attached hydrogen (secondary N) is 2. The first-order chi connectivity index (χ1) is 13.5. The maximum atomic E-state index is 11.8. The number of nitrogens with zero attached hydrogens (tertiary/aromatic N) is 1. The van der Waals surface area contributed by atoms with Crippen molar-refractivity contribution in [3.8, 4) is 17.2 Å². The van der Waals surface area contributed by atoms with Gasteiger partial charge in [-0.05, 0) is 35.4 Å². The van der Waals surface area contributed by atoms with Crippen LogP contribution in [-0.2, 0) is 16.1 Å². The van der Waals surface area contributed by atoms with Crippen LogP contribution in [0.25, 0.3) is 0 Å². The van der Waals surface area contributed by atoms with Crippen LogP contribution in [0.15, 0.2) is 41.5 Å². The highest BCUT2D eigenvalue weighted by atomic mass is 35.5. The number of ether oxygens (including phenoxy) is 3. The second-order valence-electron chi connectivity index (χ2n) is 5.47. The van der Waals surface area contributed by atoms with Crippen LogP contribution in [-0.4, -0.2) is 39.4 Å². The van der Waals surface area contributed by atoms with Gasteiger partial charge in [0.2, 0.25) is 0 Å². The number of hydrazone groups is 1. The van der Waals surface area contributed by atoms with Crippen molar-refractivity contribution in [3.05, 3.63) is 52.5 Å². The molecule has 2 N–H and O–H groups in total. The van der Waals surface area contributed by atoms with Crippen molar-refractivity contribution in [1.82, 2.24) is 10.7 Å². The van der Waals surface area contributed by atoms with E-state index in [-0.39, 0.29) is 6.54 Å². The van der Waals surface area contributed by atoms with E-state index in [0.717, 1.165) is 5.56 Å². The Morgan fingerprint density at radius 2 is 1.75 bits per heavy atom. The van der Waals surface area contributed by atoms with Crippen molar-refractivity contribution in [2.45, 2.75) is 6.54 Å². The van der Waals surface area contributed by atoms with E-state index in [1.54, 1.807) is 43.5 Å². The van der Waals surface area contributed by atoms with Crippen LogP contribution >= 0.6 is 11.6 Å². The van der Waals surface area contributed by atoms with Crippen LogP contribution < -0.4 is 25.0 Å². The van der Waals surface area contributed by atoms with Crippen LogP contribution in [0.5, 0.6) is 17.2 Å². The van der Waals surface area contributed by atoms with Gasteiger partial charge in [0.25, 0.3) is 0 Å². The number of carbonyl (C=O) groups excluding carboxylic acids is 2. The van der Waals surface area contributed by atoms with E-state index in [4.69, 9.17) is 25.8 Å². The van der Waals surface area contributed by atoms with Crippen LogP contribution in [0.4, 0.5) is 0 Å². The normalized spacial score (nSPS) is 10.4. The molecule has 28 heavy (non-hydrogen) atoms. The number of methoxy groups -OCH3 is 3. The molecule has 0 radical (unpaired) electrons. The minimum Gasteiger partial charge on any atom is -0.497 e. The fraction of sp³-hybridized carbons (Fsp3) is 0.211. The minimum absolute atomic E-state index is 0.200. The van der Waals surface area contributed by atoms with Gasteiger partial charge >= 0.3 is 11.8 Å². The molecular weight excluding hydrogens is 386 g/mol. The van der Waals surface area contributed by atoms with E-state index in [1.807, 2.05) is 0 Å². The highest BCUT2D eigenvalue weighted by Gasteiger charge is 2.13. The molecule has 0 fully saturated rings. The van der Waals surface area contributed by atoms with Crippen LogP contribution in [0, 0.1) is 0 Å². The molecule has 0 unspecified atom stereocenters. The van der Waals surface area contributed by atoms with Gasteiger partial charge in [-0.2, -0.15) is 5.10 Å². The molecule has 0 aliphatic carbocycles. The molecule has 8 nitrogen and oxygen atoms in total. The molecule has 0 bridgehead atoms. The summed E-state index contributed by atoms with van der Waals surface area (Å²) in [4.78, 5) is 23.7. The lowest BCUT2D eigenvalue weighted by Gasteiger charge is -2.09. The molecule has 0 saturated carbocycles. The van der Waals surface area contributed by atoms with Gasteiger partial charge in [-0.15, -0.1) is 0 Å². The van der Waals surface area contributed by atoms with Crippen molar-refractivity contribution in [1.29, 1.82) is 0 Å². The van der Waals surface area contributed by atoms with Crippen molar-refractivity contribution in [2.75, 3.05) is 21.3 Å². The fourth-order valence-electron chi connectivity index (χ4n) is 2.23. The Kier molecular flexibility index (Phi) is 7.65. The number of carbonyl (C=O) groups is 2. The average molecular weight is 406 g/mol. The summed E-state index contributed by atoms with van der Waals surface area (Å²) >= 11 is 6.10. The number of rotatable bonds is 7. The lowest BCUT2D eigenvalue weighted by Crippen LogP contribution is -2.37. The van der Waals surface area contributed by atoms with Crippen molar-refractivity contribution >= 4 is 29.6 Å². The number of hydrogen-bond acceptors (Lipinski definition) is 6. The van der Waals surface area contributed by atoms with Crippen molar-refractivity contribution in [2.24, 2.45) is 5.10 Å². The topological polar surface area (TPSA) is 98.2 Å². The van der Waals surface area contributed by atoms with Gasteiger partial charge < -0.3 is 19.5 Å². The summed E-state index contributed by atoms with van der Waals surface area (Å²) in [5.74, 6) is -0.185. The van der Waals surface area contributed by atoms with E-state index in [0.29, 0.717) is 27.8 Å². The zero-order chi connectivity index (χ0) is 20.5.